The minimum absolute atomic E-state index is 0.532. The van der Waals surface area contributed by atoms with Crippen molar-refractivity contribution in [1.82, 2.24) is 15.1 Å². The number of rotatable bonds is 9. The molecule has 100 valence electrons. The molecule has 1 aromatic heterocycles. The highest BCUT2D eigenvalue weighted by molar-refractivity contribution is 7.99. The van der Waals surface area contributed by atoms with Gasteiger partial charge in [-0.2, -0.15) is 5.10 Å². The molecule has 0 fully saturated rings. The van der Waals surface area contributed by atoms with Gasteiger partial charge >= 0.3 is 0 Å². The maximum atomic E-state index is 5.19. The van der Waals surface area contributed by atoms with Gasteiger partial charge in [0.15, 0.2) is 0 Å². The molecule has 0 aliphatic heterocycles. The molecule has 0 unspecified atom stereocenters. The third kappa shape index (κ3) is 5.16. The van der Waals surface area contributed by atoms with E-state index in [-0.39, 0.29) is 0 Å². The molecule has 18 heavy (non-hydrogen) atoms. The predicted octanol–water partition coefficient (Wildman–Crippen LogP) is 2.70. The Kier molecular flexibility index (Phi) is 7.63. The molecule has 0 amide bonds. The van der Waals surface area contributed by atoms with Gasteiger partial charge in [0.2, 0.25) is 0 Å². The van der Waals surface area contributed by atoms with Crippen LogP contribution in [0.2, 0.25) is 0 Å². The van der Waals surface area contributed by atoms with Crippen LogP contribution in [0.15, 0.2) is 12.3 Å². The molecule has 0 spiro atoms. The van der Waals surface area contributed by atoms with E-state index in [1.807, 2.05) is 0 Å². The highest BCUT2D eigenvalue weighted by Gasteiger charge is 2.07. The normalized spacial score (nSPS) is 10.8. The summed E-state index contributed by atoms with van der Waals surface area (Å²) in [5.41, 5.74) is 1.11. The number of terminal acetylenes is 1. The van der Waals surface area contributed by atoms with Gasteiger partial charge in [-0.05, 0) is 18.9 Å². The van der Waals surface area contributed by atoms with Crippen LogP contribution in [-0.2, 0) is 6.54 Å². The van der Waals surface area contributed by atoms with Crippen molar-refractivity contribution in [2.45, 2.75) is 39.3 Å². The van der Waals surface area contributed by atoms with Gasteiger partial charge in [0, 0.05) is 25.0 Å². The molecular formula is C14H23N3S. The van der Waals surface area contributed by atoms with Crippen molar-refractivity contribution in [2.24, 2.45) is 0 Å². The highest BCUT2D eigenvalue weighted by atomic mass is 32.2. The zero-order chi connectivity index (χ0) is 13.2. The lowest BCUT2D eigenvalue weighted by Gasteiger charge is -2.12. The Morgan fingerprint density at radius 1 is 1.50 bits per heavy atom. The largest absolute Gasteiger partial charge is 0.310 e. The molecule has 3 nitrogen and oxygen atoms in total. The van der Waals surface area contributed by atoms with Crippen molar-refractivity contribution in [3.8, 4) is 12.3 Å². The number of hydrogen-bond acceptors (Lipinski definition) is 3. The third-order valence-corrected chi connectivity index (χ3v) is 3.76. The molecule has 0 atom stereocenters. The van der Waals surface area contributed by atoms with E-state index in [1.54, 1.807) is 11.8 Å². The first kappa shape index (κ1) is 15.1. The van der Waals surface area contributed by atoms with Gasteiger partial charge in [-0.1, -0.05) is 19.8 Å². The summed E-state index contributed by atoms with van der Waals surface area (Å²) in [6, 6.07) is 2.63. The maximum absolute atomic E-state index is 5.19. The first-order valence-corrected chi connectivity index (χ1v) is 7.73. The Morgan fingerprint density at radius 2 is 2.28 bits per heavy atom. The van der Waals surface area contributed by atoms with E-state index < -0.39 is 0 Å². The van der Waals surface area contributed by atoms with Gasteiger partial charge in [0.1, 0.15) is 0 Å². The standard InChI is InChI=1S/C14H23N3S/c1-4-10-18-11-8-15-12-13-7-9-17(16-13)14(5-2)6-3/h1,7,9,14-15H,5-6,8,10-12H2,2-3H3. The van der Waals surface area contributed by atoms with Crippen LogP contribution < -0.4 is 5.32 Å². The second-order valence-electron chi connectivity index (χ2n) is 4.19. The van der Waals surface area contributed by atoms with Crippen molar-refractivity contribution < 1.29 is 0 Å². The van der Waals surface area contributed by atoms with Gasteiger partial charge in [0.05, 0.1) is 17.5 Å². The van der Waals surface area contributed by atoms with E-state index in [1.165, 1.54) is 0 Å². The second-order valence-corrected chi connectivity index (χ2v) is 5.30. The summed E-state index contributed by atoms with van der Waals surface area (Å²) in [6.07, 6.45) is 9.54. The number of hydrogen-bond donors (Lipinski definition) is 1. The van der Waals surface area contributed by atoms with Gasteiger partial charge in [-0.3, -0.25) is 4.68 Å². The minimum Gasteiger partial charge on any atom is -0.310 e. The fourth-order valence-electron chi connectivity index (χ4n) is 1.83. The van der Waals surface area contributed by atoms with Crippen LogP contribution in [0.25, 0.3) is 0 Å². The molecule has 0 bridgehead atoms. The summed E-state index contributed by atoms with van der Waals surface area (Å²) in [4.78, 5) is 0. The van der Waals surface area contributed by atoms with Crippen LogP contribution in [0, 0.1) is 12.3 Å². The monoisotopic (exact) mass is 265 g/mol. The summed E-state index contributed by atoms with van der Waals surface area (Å²) >= 11 is 1.78. The van der Waals surface area contributed by atoms with Gasteiger partial charge in [0.25, 0.3) is 0 Å². The summed E-state index contributed by atoms with van der Waals surface area (Å²) in [5, 5.41) is 7.98. The fraction of sp³-hybridized carbons (Fsp3) is 0.643. The average molecular weight is 265 g/mol. The Balaban J connectivity index is 2.25. The van der Waals surface area contributed by atoms with Crippen LogP contribution in [-0.4, -0.2) is 27.8 Å². The molecule has 4 heteroatoms. The number of nitrogens with one attached hydrogen (secondary N) is 1. The molecule has 0 saturated heterocycles. The van der Waals surface area contributed by atoms with Crippen LogP contribution in [0.3, 0.4) is 0 Å². The lowest BCUT2D eigenvalue weighted by molar-refractivity contribution is 0.424. The molecule has 0 aliphatic carbocycles. The maximum Gasteiger partial charge on any atom is 0.0762 e. The number of thioether (sulfide) groups is 1. The average Bonchev–Trinajstić information content (AvgIpc) is 2.84. The van der Waals surface area contributed by atoms with E-state index in [0.717, 1.165) is 43.1 Å². The van der Waals surface area contributed by atoms with Crippen LogP contribution >= 0.6 is 11.8 Å². The van der Waals surface area contributed by atoms with Crippen molar-refractivity contribution in [1.29, 1.82) is 0 Å². The van der Waals surface area contributed by atoms with E-state index in [0.29, 0.717) is 6.04 Å². The Morgan fingerprint density at radius 3 is 2.94 bits per heavy atom. The Hall–Kier alpha value is -0.920. The van der Waals surface area contributed by atoms with Gasteiger partial charge < -0.3 is 5.32 Å². The fourth-order valence-corrected chi connectivity index (χ4v) is 2.38. The van der Waals surface area contributed by atoms with Crippen molar-refractivity contribution >= 4 is 11.8 Å². The van der Waals surface area contributed by atoms with Crippen molar-refractivity contribution in [3.05, 3.63) is 18.0 Å². The van der Waals surface area contributed by atoms with E-state index in [4.69, 9.17) is 6.42 Å². The van der Waals surface area contributed by atoms with Crippen LogP contribution in [0.1, 0.15) is 38.4 Å². The molecule has 1 rings (SSSR count). The summed E-state index contributed by atoms with van der Waals surface area (Å²) < 4.78 is 2.09. The lowest BCUT2D eigenvalue weighted by Crippen LogP contribution is -2.17. The Labute approximate surface area is 115 Å². The Bertz CT molecular complexity index is 363. The molecule has 0 aliphatic rings. The first-order valence-electron chi connectivity index (χ1n) is 6.57. The topological polar surface area (TPSA) is 29.9 Å². The second kappa shape index (κ2) is 9.07. The predicted molar refractivity (Wildman–Crippen MR) is 79.7 cm³/mol. The zero-order valence-corrected chi connectivity index (χ0v) is 12.2. The minimum atomic E-state index is 0.532. The quantitative estimate of drug-likeness (QED) is 0.550. The zero-order valence-electron chi connectivity index (χ0n) is 11.4. The number of nitrogens with zero attached hydrogens (tertiary/aromatic N) is 2. The third-order valence-electron chi connectivity index (χ3n) is 2.89. The van der Waals surface area contributed by atoms with Crippen molar-refractivity contribution in [3.63, 3.8) is 0 Å². The lowest BCUT2D eigenvalue weighted by atomic mass is 10.2. The summed E-state index contributed by atoms with van der Waals surface area (Å²) in [7, 11) is 0. The summed E-state index contributed by atoms with van der Waals surface area (Å²) in [6.45, 7) is 6.22. The van der Waals surface area contributed by atoms with Gasteiger partial charge in [-0.25, -0.2) is 0 Å². The van der Waals surface area contributed by atoms with Crippen LogP contribution in [0.4, 0.5) is 0 Å². The van der Waals surface area contributed by atoms with Crippen LogP contribution in [0.5, 0.6) is 0 Å². The first-order chi connectivity index (χ1) is 8.81. The molecule has 1 heterocycles. The summed E-state index contributed by atoms with van der Waals surface area (Å²) in [5.74, 6) is 4.47. The van der Waals surface area contributed by atoms with Crippen molar-refractivity contribution in [2.75, 3.05) is 18.1 Å². The molecular weight excluding hydrogens is 242 g/mol. The number of aromatic nitrogens is 2. The molecule has 0 saturated carbocycles. The van der Waals surface area contributed by atoms with E-state index >= 15 is 0 Å². The van der Waals surface area contributed by atoms with Gasteiger partial charge in [-0.15, -0.1) is 18.2 Å². The molecule has 1 aromatic rings. The SMILES string of the molecule is C#CCSCCNCc1ccn(C(CC)CC)n1. The highest BCUT2D eigenvalue weighted by Crippen LogP contribution is 2.14. The molecule has 1 N–H and O–H groups in total. The molecule has 0 aromatic carbocycles. The molecule has 0 radical (unpaired) electrons. The van der Waals surface area contributed by atoms with E-state index in [9.17, 15) is 0 Å². The van der Waals surface area contributed by atoms with E-state index in [2.05, 4.69) is 47.1 Å². The smallest absolute Gasteiger partial charge is 0.0762 e.